The lowest BCUT2D eigenvalue weighted by atomic mass is 9.95. The van der Waals surface area contributed by atoms with Gasteiger partial charge in [-0.25, -0.2) is 17.6 Å². The maximum Gasteiger partial charge on any atom is 0.338 e. The van der Waals surface area contributed by atoms with Crippen LogP contribution >= 0.6 is 0 Å². The maximum absolute atomic E-state index is 14.2. The number of benzene rings is 2. The number of aromatic carboxylic acids is 1. The van der Waals surface area contributed by atoms with Crippen LogP contribution in [0.3, 0.4) is 0 Å². The molecule has 9 heteroatoms. The summed E-state index contributed by atoms with van der Waals surface area (Å²) in [7, 11) is -4.15. The Morgan fingerprint density at radius 3 is 2.24 bits per heavy atom. The molecule has 2 aromatic carbocycles. The highest BCUT2D eigenvalue weighted by atomic mass is 32.2. The summed E-state index contributed by atoms with van der Waals surface area (Å²) in [6, 6.07) is 6.90. The lowest BCUT2D eigenvalue weighted by Crippen LogP contribution is -2.27. The van der Waals surface area contributed by atoms with Crippen LogP contribution in [0.25, 0.3) is 4.91 Å². The van der Waals surface area contributed by atoms with Gasteiger partial charge in [-0.05, 0) is 61.2 Å². The molecule has 0 saturated heterocycles. The van der Waals surface area contributed by atoms with Gasteiger partial charge in [0.05, 0.1) is 16.2 Å². The Balaban J connectivity index is 2.47. The molecule has 0 heterocycles. The Kier molecular flexibility index (Phi) is 8.26. The van der Waals surface area contributed by atoms with Crippen molar-refractivity contribution < 1.29 is 27.5 Å². The van der Waals surface area contributed by atoms with Crippen LogP contribution in [0.15, 0.2) is 36.4 Å². The first kappa shape index (κ1) is 27.0. The average molecular weight is 491 g/mol. The summed E-state index contributed by atoms with van der Waals surface area (Å²) in [5, 5.41) is 11.9. The number of nitrogens with one attached hydrogen (secondary N) is 2. The van der Waals surface area contributed by atoms with E-state index < -0.39 is 32.8 Å². The Labute approximate surface area is 200 Å². The van der Waals surface area contributed by atoms with E-state index in [1.807, 2.05) is 6.92 Å². The van der Waals surface area contributed by atoms with Crippen LogP contribution in [-0.2, 0) is 14.8 Å². The van der Waals surface area contributed by atoms with Gasteiger partial charge in [0.25, 0.3) is 10.0 Å². The van der Waals surface area contributed by atoms with Crippen molar-refractivity contribution in [2.45, 2.75) is 54.4 Å². The number of carboxylic acid groups (broad SMARTS) is 1. The number of carbonyl (C=O) groups excluding carboxylic acids is 1. The molecule has 2 aromatic rings. The van der Waals surface area contributed by atoms with E-state index in [2.05, 4.69) is 10.0 Å². The minimum absolute atomic E-state index is 0.0164. The Morgan fingerprint density at radius 1 is 1.06 bits per heavy atom. The van der Waals surface area contributed by atoms with E-state index in [1.54, 1.807) is 52.0 Å². The summed E-state index contributed by atoms with van der Waals surface area (Å²) in [6.07, 6.45) is 2.79. The smallest absolute Gasteiger partial charge is 0.338 e. The number of allylic oxidation sites excluding steroid dienone is 1. The van der Waals surface area contributed by atoms with Gasteiger partial charge in [0.1, 0.15) is 5.82 Å². The molecular formula is C25H31FN2O5S. The minimum Gasteiger partial charge on any atom is -0.478 e. The van der Waals surface area contributed by atoms with Crippen molar-refractivity contribution in [2.24, 2.45) is 5.41 Å². The summed E-state index contributed by atoms with van der Waals surface area (Å²) in [4.78, 5) is 23.5. The number of anilines is 2. The van der Waals surface area contributed by atoms with Gasteiger partial charge in [0.2, 0.25) is 5.91 Å². The Hall–Kier alpha value is -3.20. The van der Waals surface area contributed by atoms with Crippen LogP contribution in [-0.4, -0.2) is 25.4 Å². The first-order valence-corrected chi connectivity index (χ1v) is 12.3. The first-order chi connectivity index (χ1) is 15.7. The molecule has 0 saturated carbocycles. The highest BCUT2D eigenvalue weighted by molar-refractivity contribution is 8.01. The summed E-state index contributed by atoms with van der Waals surface area (Å²) < 4.78 is 43.3. The second-order valence-electron chi connectivity index (χ2n) is 9.15. The summed E-state index contributed by atoms with van der Waals surface area (Å²) >= 11 is 0. The van der Waals surface area contributed by atoms with Crippen molar-refractivity contribution in [3.8, 4) is 0 Å². The van der Waals surface area contributed by atoms with E-state index >= 15 is 0 Å². The van der Waals surface area contributed by atoms with E-state index in [0.717, 1.165) is 12.1 Å². The summed E-state index contributed by atoms with van der Waals surface area (Å²) in [6.45, 7) is 10.5. The zero-order chi connectivity index (χ0) is 25.8. The highest BCUT2D eigenvalue weighted by Gasteiger charge is 2.25. The van der Waals surface area contributed by atoms with Crippen LogP contribution in [0.1, 0.15) is 67.6 Å². The number of unbranched alkanes of at least 4 members (excludes halogenated alkanes) is 1. The van der Waals surface area contributed by atoms with Crippen LogP contribution in [0.4, 0.5) is 15.8 Å². The molecule has 0 fully saturated rings. The summed E-state index contributed by atoms with van der Waals surface area (Å²) in [5.41, 5.74) is 0.717. The topological polar surface area (TPSA) is 113 Å². The quantitative estimate of drug-likeness (QED) is 0.439. The number of rotatable bonds is 8. The lowest BCUT2D eigenvalue weighted by molar-refractivity contribution is -0.123. The summed E-state index contributed by atoms with van der Waals surface area (Å²) in [5.74, 6) is -2.64. The molecule has 0 unspecified atom stereocenters. The fourth-order valence-electron chi connectivity index (χ4n) is 3.13. The van der Waals surface area contributed by atoms with E-state index in [9.17, 15) is 22.4 Å². The van der Waals surface area contributed by atoms with Crippen molar-refractivity contribution in [3.05, 3.63) is 64.5 Å². The van der Waals surface area contributed by atoms with Gasteiger partial charge in [-0.15, -0.1) is 0 Å². The molecule has 0 radical (unpaired) electrons. The molecule has 34 heavy (non-hydrogen) atoms. The fourth-order valence-corrected chi connectivity index (χ4v) is 4.61. The van der Waals surface area contributed by atoms with Crippen LogP contribution < -0.4 is 10.0 Å². The molecule has 0 aliphatic carbocycles. The molecular weight excluding hydrogens is 459 g/mol. The predicted octanol–water partition coefficient (Wildman–Crippen LogP) is 5.71. The molecule has 0 aliphatic rings. The predicted molar refractivity (Wildman–Crippen MR) is 133 cm³/mol. The normalized spacial score (nSPS) is 12.4. The van der Waals surface area contributed by atoms with Crippen molar-refractivity contribution in [3.63, 3.8) is 0 Å². The number of sulfonamides is 1. The number of halogens is 1. The molecule has 0 atom stereocenters. The van der Waals surface area contributed by atoms with Crippen molar-refractivity contribution >= 4 is 38.2 Å². The largest absolute Gasteiger partial charge is 0.478 e. The standard InChI is InChI=1S/C25H31FN2O5S/c1-7-8-9-22(18-11-10-17(12-15(18)2)27-24(31)25(4,5)6)34(32,33)28-21-14-20(26)19(23(29)30)13-16(21)3/h9-14,28H,7-8H2,1-6H3,(H,27,31)(H,29,30)/b22-9+. The molecule has 0 spiro atoms. The van der Waals surface area contributed by atoms with Gasteiger partial charge < -0.3 is 10.4 Å². The van der Waals surface area contributed by atoms with Crippen molar-refractivity contribution in [2.75, 3.05) is 10.0 Å². The molecule has 7 nitrogen and oxygen atoms in total. The third-order valence-corrected chi connectivity index (χ3v) is 6.58. The molecule has 1 amide bonds. The van der Waals surface area contributed by atoms with Crippen molar-refractivity contribution in [1.82, 2.24) is 0 Å². The second kappa shape index (κ2) is 10.4. The zero-order valence-electron chi connectivity index (χ0n) is 20.2. The molecule has 0 aliphatic heterocycles. The average Bonchev–Trinajstić information content (AvgIpc) is 2.70. The zero-order valence-corrected chi connectivity index (χ0v) is 21.1. The molecule has 0 bridgehead atoms. The number of hydrogen-bond acceptors (Lipinski definition) is 4. The van der Waals surface area contributed by atoms with E-state index in [0.29, 0.717) is 29.7 Å². The SMILES string of the molecule is CCC/C=C(\c1ccc(NC(=O)C(C)(C)C)cc1C)S(=O)(=O)Nc1cc(F)c(C(=O)O)cc1C. The van der Waals surface area contributed by atoms with Crippen LogP contribution in [0.5, 0.6) is 0 Å². The van der Waals surface area contributed by atoms with Gasteiger partial charge >= 0.3 is 5.97 Å². The third kappa shape index (κ3) is 6.44. The van der Waals surface area contributed by atoms with Crippen LogP contribution in [0.2, 0.25) is 0 Å². The number of hydrogen-bond donors (Lipinski definition) is 3. The van der Waals surface area contributed by atoms with Crippen LogP contribution in [0, 0.1) is 25.1 Å². The van der Waals surface area contributed by atoms with Gasteiger partial charge in [0, 0.05) is 11.1 Å². The number of amides is 1. The number of carboxylic acids is 1. The Morgan fingerprint density at radius 2 is 1.71 bits per heavy atom. The van der Waals surface area contributed by atoms with E-state index in [1.165, 1.54) is 6.92 Å². The lowest BCUT2D eigenvalue weighted by Gasteiger charge is -2.19. The fraction of sp³-hybridized carbons (Fsp3) is 0.360. The minimum atomic E-state index is -4.15. The van der Waals surface area contributed by atoms with Crippen molar-refractivity contribution in [1.29, 1.82) is 0 Å². The molecule has 0 aromatic heterocycles. The molecule has 2 rings (SSSR count). The highest BCUT2D eigenvalue weighted by Crippen LogP contribution is 2.31. The van der Waals surface area contributed by atoms with Gasteiger partial charge in [-0.2, -0.15) is 0 Å². The first-order valence-electron chi connectivity index (χ1n) is 10.9. The number of aryl methyl sites for hydroxylation is 2. The Bertz CT molecular complexity index is 1240. The van der Waals surface area contributed by atoms with Gasteiger partial charge in [-0.3, -0.25) is 9.52 Å². The molecule has 3 N–H and O–H groups in total. The number of carbonyl (C=O) groups is 2. The van der Waals surface area contributed by atoms with E-state index in [4.69, 9.17) is 5.11 Å². The van der Waals surface area contributed by atoms with Gasteiger partial charge in [0.15, 0.2) is 0 Å². The molecule has 184 valence electrons. The third-order valence-electron chi connectivity index (χ3n) is 5.13. The monoisotopic (exact) mass is 490 g/mol. The van der Waals surface area contributed by atoms with Gasteiger partial charge in [-0.1, -0.05) is 46.3 Å². The van der Waals surface area contributed by atoms with E-state index in [-0.39, 0.29) is 22.1 Å². The second-order valence-corrected chi connectivity index (χ2v) is 10.8. The maximum atomic E-state index is 14.2.